The molecule has 0 aliphatic rings. The molecule has 0 saturated carbocycles. The van der Waals surface area contributed by atoms with Crippen molar-refractivity contribution in [3.63, 3.8) is 0 Å². The standard InChI is InChI=1S/C4H4BrN3O2/c1-8-4(5)6-2(7-8)3(9)10/h1H3,(H,9,10). The minimum absolute atomic E-state index is 0.200. The smallest absolute Gasteiger partial charge is 0.375 e. The van der Waals surface area contributed by atoms with E-state index >= 15 is 0 Å². The number of nitrogens with zero attached hydrogens (tertiary/aromatic N) is 3. The van der Waals surface area contributed by atoms with E-state index in [0.29, 0.717) is 4.73 Å². The van der Waals surface area contributed by atoms with Crippen molar-refractivity contribution in [3.8, 4) is 0 Å². The number of carbonyl (C=O) groups is 1. The largest absolute Gasteiger partial charge is 0.475 e. The van der Waals surface area contributed by atoms with Crippen LogP contribution in [0.3, 0.4) is 0 Å². The predicted octanol–water partition coefficient (Wildman–Crippen LogP) is 0.276. The quantitative estimate of drug-likeness (QED) is 0.716. The van der Waals surface area contributed by atoms with Gasteiger partial charge in [0.2, 0.25) is 0 Å². The lowest BCUT2D eigenvalue weighted by molar-refractivity contribution is 0.0683. The maximum absolute atomic E-state index is 10.2. The van der Waals surface area contributed by atoms with Crippen LogP contribution in [-0.4, -0.2) is 25.8 Å². The Morgan fingerprint density at radius 1 is 1.80 bits per heavy atom. The SMILES string of the molecule is Cn1nc(C(=O)O)nc1Br. The third-order valence-corrected chi connectivity index (χ3v) is 1.59. The van der Waals surface area contributed by atoms with Gasteiger partial charge in [0.05, 0.1) is 0 Å². The average molecular weight is 206 g/mol. The van der Waals surface area contributed by atoms with Gasteiger partial charge in [0.25, 0.3) is 5.82 Å². The first-order valence-electron chi connectivity index (χ1n) is 2.41. The van der Waals surface area contributed by atoms with Crippen LogP contribution in [0, 0.1) is 0 Å². The lowest BCUT2D eigenvalue weighted by atomic mass is 10.7. The van der Waals surface area contributed by atoms with E-state index in [1.165, 1.54) is 4.68 Å². The number of aromatic carboxylic acids is 1. The molecule has 1 aromatic heterocycles. The minimum atomic E-state index is -1.12. The zero-order valence-electron chi connectivity index (χ0n) is 5.08. The summed E-state index contributed by atoms with van der Waals surface area (Å²) < 4.78 is 1.74. The van der Waals surface area contributed by atoms with Gasteiger partial charge in [0, 0.05) is 7.05 Å². The fourth-order valence-corrected chi connectivity index (χ4v) is 0.703. The maximum atomic E-state index is 10.2. The van der Waals surface area contributed by atoms with E-state index in [4.69, 9.17) is 5.11 Å². The third-order valence-electron chi connectivity index (χ3n) is 0.901. The van der Waals surface area contributed by atoms with Gasteiger partial charge in [-0.2, -0.15) is 4.98 Å². The first-order valence-corrected chi connectivity index (χ1v) is 3.20. The second-order valence-electron chi connectivity index (χ2n) is 1.63. The summed E-state index contributed by atoms with van der Waals surface area (Å²) in [5.74, 6) is -1.32. The molecule has 5 nitrogen and oxygen atoms in total. The van der Waals surface area contributed by atoms with Gasteiger partial charge in [-0.05, 0) is 15.9 Å². The van der Waals surface area contributed by atoms with E-state index in [0.717, 1.165) is 0 Å². The van der Waals surface area contributed by atoms with E-state index in [-0.39, 0.29) is 5.82 Å². The number of halogens is 1. The Balaban J connectivity index is 3.10. The van der Waals surface area contributed by atoms with E-state index < -0.39 is 5.97 Å². The van der Waals surface area contributed by atoms with Crippen molar-refractivity contribution in [1.29, 1.82) is 0 Å². The van der Waals surface area contributed by atoms with E-state index in [1.54, 1.807) is 7.05 Å². The summed E-state index contributed by atoms with van der Waals surface area (Å²) in [6.45, 7) is 0. The van der Waals surface area contributed by atoms with Crippen LogP contribution in [-0.2, 0) is 7.05 Å². The van der Waals surface area contributed by atoms with Gasteiger partial charge in [0.15, 0.2) is 4.73 Å². The van der Waals surface area contributed by atoms with Crippen LogP contribution in [0.1, 0.15) is 10.6 Å². The zero-order valence-corrected chi connectivity index (χ0v) is 6.66. The lowest BCUT2D eigenvalue weighted by Gasteiger charge is -1.83. The van der Waals surface area contributed by atoms with Gasteiger partial charge in [-0.3, -0.25) is 0 Å². The van der Waals surface area contributed by atoms with Gasteiger partial charge >= 0.3 is 5.97 Å². The van der Waals surface area contributed by atoms with Crippen molar-refractivity contribution in [2.24, 2.45) is 7.05 Å². The van der Waals surface area contributed by atoms with Crippen LogP contribution in [0.4, 0.5) is 0 Å². The van der Waals surface area contributed by atoms with Crippen LogP contribution >= 0.6 is 15.9 Å². The number of carboxylic acids is 1. The molecule has 0 aliphatic heterocycles. The van der Waals surface area contributed by atoms with Crippen LogP contribution in [0.15, 0.2) is 4.73 Å². The average Bonchev–Trinajstić information content (AvgIpc) is 2.13. The lowest BCUT2D eigenvalue weighted by Crippen LogP contribution is -2.00. The van der Waals surface area contributed by atoms with E-state index in [1.807, 2.05) is 0 Å². The Morgan fingerprint density at radius 3 is 2.60 bits per heavy atom. The Kier molecular flexibility index (Phi) is 1.71. The van der Waals surface area contributed by atoms with Crippen molar-refractivity contribution in [2.75, 3.05) is 0 Å². The summed E-state index contributed by atoms with van der Waals surface area (Å²) >= 11 is 3.01. The molecule has 0 amide bonds. The normalized spacial score (nSPS) is 9.80. The van der Waals surface area contributed by atoms with Gasteiger partial charge in [0.1, 0.15) is 0 Å². The summed E-state index contributed by atoms with van der Waals surface area (Å²) in [5, 5.41) is 11.9. The molecule has 0 unspecified atom stereocenters. The van der Waals surface area contributed by atoms with Crippen LogP contribution < -0.4 is 0 Å². The molecule has 54 valence electrons. The Morgan fingerprint density at radius 2 is 2.40 bits per heavy atom. The summed E-state index contributed by atoms with van der Waals surface area (Å²) in [6, 6.07) is 0. The molecule has 0 saturated heterocycles. The highest BCUT2D eigenvalue weighted by Gasteiger charge is 2.10. The van der Waals surface area contributed by atoms with Gasteiger partial charge in [-0.25, -0.2) is 9.48 Å². The molecule has 10 heavy (non-hydrogen) atoms. The van der Waals surface area contributed by atoms with Crippen molar-refractivity contribution < 1.29 is 9.90 Å². The maximum Gasteiger partial charge on any atom is 0.375 e. The second-order valence-corrected chi connectivity index (χ2v) is 2.34. The summed E-state index contributed by atoms with van der Waals surface area (Å²) in [5.41, 5.74) is 0. The summed E-state index contributed by atoms with van der Waals surface area (Å²) in [4.78, 5) is 13.8. The van der Waals surface area contributed by atoms with Crippen molar-refractivity contribution in [1.82, 2.24) is 14.8 Å². The number of aromatic nitrogens is 3. The number of rotatable bonds is 1. The molecule has 1 heterocycles. The molecule has 1 N–H and O–H groups in total. The fraction of sp³-hybridized carbons (Fsp3) is 0.250. The molecule has 1 aromatic rings. The first kappa shape index (κ1) is 7.20. The Bertz CT molecular complexity index is 250. The monoisotopic (exact) mass is 205 g/mol. The molecule has 0 bridgehead atoms. The summed E-state index contributed by atoms with van der Waals surface area (Å²) in [6.07, 6.45) is 0. The van der Waals surface area contributed by atoms with Crippen molar-refractivity contribution in [3.05, 3.63) is 10.6 Å². The number of hydrogen-bond donors (Lipinski definition) is 1. The number of hydrogen-bond acceptors (Lipinski definition) is 3. The van der Waals surface area contributed by atoms with Crippen LogP contribution in [0.25, 0.3) is 0 Å². The molecular weight excluding hydrogens is 202 g/mol. The molecule has 0 aliphatic carbocycles. The van der Waals surface area contributed by atoms with E-state index in [9.17, 15) is 4.79 Å². The highest BCUT2D eigenvalue weighted by molar-refractivity contribution is 9.10. The second kappa shape index (κ2) is 2.37. The highest BCUT2D eigenvalue weighted by Crippen LogP contribution is 2.03. The Labute approximate surface area is 64.8 Å². The van der Waals surface area contributed by atoms with Gasteiger partial charge in [-0.15, -0.1) is 5.10 Å². The molecule has 6 heteroatoms. The Hall–Kier alpha value is -0.910. The van der Waals surface area contributed by atoms with Crippen LogP contribution in [0.5, 0.6) is 0 Å². The zero-order chi connectivity index (χ0) is 7.72. The van der Waals surface area contributed by atoms with Crippen LogP contribution in [0.2, 0.25) is 0 Å². The minimum Gasteiger partial charge on any atom is -0.475 e. The molecule has 0 aromatic carbocycles. The molecule has 0 radical (unpaired) electrons. The fourth-order valence-electron chi connectivity index (χ4n) is 0.456. The summed E-state index contributed by atoms with van der Waals surface area (Å²) in [7, 11) is 1.60. The molecule has 0 fully saturated rings. The molecule has 0 spiro atoms. The molecular formula is C4H4BrN3O2. The van der Waals surface area contributed by atoms with Crippen molar-refractivity contribution >= 4 is 21.9 Å². The van der Waals surface area contributed by atoms with Gasteiger partial charge in [-0.1, -0.05) is 0 Å². The molecule has 1 rings (SSSR count). The first-order chi connectivity index (χ1) is 4.61. The predicted molar refractivity (Wildman–Crippen MR) is 35.7 cm³/mol. The van der Waals surface area contributed by atoms with Gasteiger partial charge < -0.3 is 5.11 Å². The highest BCUT2D eigenvalue weighted by atomic mass is 79.9. The third kappa shape index (κ3) is 1.15. The van der Waals surface area contributed by atoms with Crippen molar-refractivity contribution in [2.45, 2.75) is 0 Å². The number of carboxylic acid groups (broad SMARTS) is 1. The van der Waals surface area contributed by atoms with E-state index in [2.05, 4.69) is 26.0 Å². The topological polar surface area (TPSA) is 68.0 Å². The molecule has 0 atom stereocenters. The number of aryl methyl sites for hydroxylation is 1.